The summed E-state index contributed by atoms with van der Waals surface area (Å²) in [5, 5.41) is 0. The van der Waals surface area contributed by atoms with Gasteiger partial charge in [-0.05, 0) is 36.8 Å². The predicted molar refractivity (Wildman–Crippen MR) is 76.1 cm³/mol. The Morgan fingerprint density at radius 3 is 2.17 bits per heavy atom. The van der Waals surface area contributed by atoms with Crippen LogP contribution in [0.3, 0.4) is 0 Å². The summed E-state index contributed by atoms with van der Waals surface area (Å²) in [6.45, 7) is 12.8. The third-order valence-corrected chi connectivity index (χ3v) is 3.20. The van der Waals surface area contributed by atoms with Crippen molar-refractivity contribution in [1.29, 1.82) is 0 Å². The van der Waals surface area contributed by atoms with E-state index in [4.69, 9.17) is 9.78 Å². The van der Waals surface area contributed by atoms with Gasteiger partial charge in [0.05, 0.1) is 0 Å². The zero-order chi connectivity index (χ0) is 13.7. The second kappa shape index (κ2) is 6.79. The third kappa shape index (κ3) is 4.02. The summed E-state index contributed by atoms with van der Waals surface area (Å²) in [6, 6.07) is 6.42. The van der Waals surface area contributed by atoms with Crippen LogP contribution in [0.2, 0.25) is 0 Å². The fourth-order valence-corrected chi connectivity index (χ4v) is 1.66. The van der Waals surface area contributed by atoms with E-state index in [1.54, 1.807) is 0 Å². The number of rotatable bonds is 6. The molecule has 0 saturated carbocycles. The molecule has 0 aliphatic rings. The van der Waals surface area contributed by atoms with Crippen LogP contribution in [-0.2, 0) is 4.89 Å². The Morgan fingerprint density at radius 1 is 1.00 bits per heavy atom. The molecule has 102 valence electrons. The Kier molecular flexibility index (Phi) is 5.67. The molecule has 0 aliphatic heterocycles. The largest absolute Gasteiger partial charge is 0.337 e. The van der Waals surface area contributed by atoms with Crippen LogP contribution >= 0.6 is 0 Å². The summed E-state index contributed by atoms with van der Waals surface area (Å²) in [5.41, 5.74) is 2.48. The highest BCUT2D eigenvalue weighted by Gasteiger charge is 2.12. The molecule has 0 bridgehead atoms. The van der Waals surface area contributed by atoms with Crippen molar-refractivity contribution in [1.82, 2.24) is 0 Å². The molecular weight excluding hydrogens is 224 g/mol. The molecule has 0 aliphatic carbocycles. The molecule has 0 radical (unpaired) electrons. The second-order valence-corrected chi connectivity index (χ2v) is 5.51. The molecule has 0 heterocycles. The first-order valence-electron chi connectivity index (χ1n) is 6.92. The van der Waals surface area contributed by atoms with E-state index < -0.39 is 0 Å². The summed E-state index contributed by atoms with van der Waals surface area (Å²) in [7, 11) is 0. The molecule has 0 spiro atoms. The van der Waals surface area contributed by atoms with Gasteiger partial charge in [0.15, 0.2) is 5.75 Å². The molecule has 0 aromatic heterocycles. The highest BCUT2D eigenvalue weighted by Crippen LogP contribution is 2.30. The average molecular weight is 250 g/mol. The molecule has 1 aromatic rings. The summed E-state index contributed by atoms with van der Waals surface area (Å²) >= 11 is 0. The fourth-order valence-electron chi connectivity index (χ4n) is 1.66. The Hall–Kier alpha value is -1.02. The first-order valence-corrected chi connectivity index (χ1v) is 6.92. The molecule has 0 fully saturated rings. The molecular formula is C16H26O2. The van der Waals surface area contributed by atoms with Gasteiger partial charge in [-0.3, -0.25) is 0 Å². The maximum absolute atomic E-state index is 5.54. The smallest absolute Gasteiger partial charge is 0.169 e. The third-order valence-electron chi connectivity index (χ3n) is 3.20. The van der Waals surface area contributed by atoms with Gasteiger partial charge in [0.25, 0.3) is 0 Å². The van der Waals surface area contributed by atoms with Crippen LogP contribution in [0, 0.1) is 0 Å². The van der Waals surface area contributed by atoms with E-state index in [-0.39, 0.29) is 6.10 Å². The highest BCUT2D eigenvalue weighted by molar-refractivity contribution is 5.40. The molecule has 1 atom stereocenters. The van der Waals surface area contributed by atoms with E-state index in [1.165, 1.54) is 11.1 Å². The van der Waals surface area contributed by atoms with E-state index in [1.807, 2.05) is 6.92 Å². The standard InChI is InChI=1S/C16H26O2/c1-7-13(6)17-18-16-10-14(11(2)3)8-9-15(16)12(4)5/h8-13H,7H2,1-6H3. The van der Waals surface area contributed by atoms with Crippen LogP contribution in [0.25, 0.3) is 0 Å². The molecule has 0 amide bonds. The van der Waals surface area contributed by atoms with Gasteiger partial charge in [0.2, 0.25) is 0 Å². The molecule has 18 heavy (non-hydrogen) atoms. The summed E-state index contributed by atoms with van der Waals surface area (Å²) in [5.74, 6) is 1.79. The van der Waals surface area contributed by atoms with E-state index in [9.17, 15) is 0 Å². The van der Waals surface area contributed by atoms with Crippen molar-refractivity contribution in [3.63, 3.8) is 0 Å². The topological polar surface area (TPSA) is 18.5 Å². The van der Waals surface area contributed by atoms with Gasteiger partial charge in [-0.1, -0.05) is 46.8 Å². The van der Waals surface area contributed by atoms with Crippen molar-refractivity contribution in [3.8, 4) is 5.75 Å². The number of hydrogen-bond acceptors (Lipinski definition) is 2. The Labute approximate surface area is 111 Å². The lowest BCUT2D eigenvalue weighted by Gasteiger charge is -2.17. The van der Waals surface area contributed by atoms with Crippen LogP contribution < -0.4 is 4.89 Å². The number of hydrogen-bond donors (Lipinski definition) is 0. The Bertz CT molecular complexity index is 369. The monoisotopic (exact) mass is 250 g/mol. The van der Waals surface area contributed by atoms with Crippen LogP contribution in [0.4, 0.5) is 0 Å². The van der Waals surface area contributed by atoms with Gasteiger partial charge in [-0.2, -0.15) is 4.89 Å². The molecule has 1 aromatic carbocycles. The first-order chi connectivity index (χ1) is 8.45. The lowest BCUT2D eigenvalue weighted by atomic mass is 9.96. The second-order valence-electron chi connectivity index (χ2n) is 5.51. The van der Waals surface area contributed by atoms with Gasteiger partial charge < -0.3 is 4.89 Å². The molecule has 1 rings (SSSR count). The first kappa shape index (κ1) is 15.0. The van der Waals surface area contributed by atoms with Gasteiger partial charge in [-0.15, -0.1) is 0 Å². The van der Waals surface area contributed by atoms with Gasteiger partial charge in [-0.25, -0.2) is 0 Å². The summed E-state index contributed by atoms with van der Waals surface area (Å²) in [4.78, 5) is 10.9. The Morgan fingerprint density at radius 2 is 1.67 bits per heavy atom. The average Bonchev–Trinajstić information content (AvgIpc) is 2.35. The normalized spacial score (nSPS) is 13.1. The minimum atomic E-state index is 0.118. The number of benzene rings is 1. The van der Waals surface area contributed by atoms with E-state index in [2.05, 4.69) is 52.8 Å². The molecule has 2 nitrogen and oxygen atoms in total. The minimum absolute atomic E-state index is 0.118. The van der Waals surface area contributed by atoms with Crippen molar-refractivity contribution < 1.29 is 9.78 Å². The highest BCUT2D eigenvalue weighted by atomic mass is 17.2. The summed E-state index contributed by atoms with van der Waals surface area (Å²) < 4.78 is 0. The lowest BCUT2D eigenvalue weighted by molar-refractivity contribution is -0.240. The molecule has 0 saturated heterocycles. The Balaban J connectivity index is 2.93. The maximum atomic E-state index is 5.54. The quantitative estimate of drug-likeness (QED) is 0.520. The molecule has 0 N–H and O–H groups in total. The van der Waals surface area contributed by atoms with Crippen LogP contribution in [0.15, 0.2) is 18.2 Å². The van der Waals surface area contributed by atoms with Gasteiger partial charge >= 0.3 is 0 Å². The van der Waals surface area contributed by atoms with Crippen LogP contribution in [0.1, 0.15) is 70.9 Å². The van der Waals surface area contributed by atoms with Crippen molar-refractivity contribution in [3.05, 3.63) is 29.3 Å². The molecule has 1 unspecified atom stereocenters. The molecule has 2 heteroatoms. The van der Waals surface area contributed by atoms with E-state index >= 15 is 0 Å². The van der Waals surface area contributed by atoms with Crippen LogP contribution in [-0.4, -0.2) is 6.10 Å². The minimum Gasteiger partial charge on any atom is -0.337 e. The summed E-state index contributed by atoms with van der Waals surface area (Å²) in [6.07, 6.45) is 1.06. The maximum Gasteiger partial charge on any atom is 0.169 e. The fraction of sp³-hybridized carbons (Fsp3) is 0.625. The van der Waals surface area contributed by atoms with Gasteiger partial charge in [0, 0.05) is 5.56 Å². The lowest BCUT2D eigenvalue weighted by Crippen LogP contribution is -2.11. The van der Waals surface area contributed by atoms with Crippen molar-refractivity contribution in [2.24, 2.45) is 0 Å². The van der Waals surface area contributed by atoms with Crippen molar-refractivity contribution in [2.75, 3.05) is 0 Å². The van der Waals surface area contributed by atoms with E-state index in [0.717, 1.165) is 12.2 Å². The van der Waals surface area contributed by atoms with Crippen LogP contribution in [0.5, 0.6) is 5.75 Å². The van der Waals surface area contributed by atoms with Crippen molar-refractivity contribution in [2.45, 2.75) is 65.9 Å². The zero-order valence-electron chi connectivity index (χ0n) is 12.5. The van der Waals surface area contributed by atoms with E-state index in [0.29, 0.717) is 11.8 Å². The van der Waals surface area contributed by atoms with Crippen molar-refractivity contribution >= 4 is 0 Å². The van der Waals surface area contributed by atoms with Gasteiger partial charge in [0.1, 0.15) is 6.10 Å². The zero-order valence-corrected chi connectivity index (χ0v) is 12.5. The SMILES string of the molecule is CCC(C)OOc1cc(C(C)C)ccc1C(C)C. The predicted octanol–water partition coefficient (Wildman–Crippen LogP) is 5.04.